The van der Waals surface area contributed by atoms with Gasteiger partial charge in [0.05, 0.1) is 6.54 Å². The van der Waals surface area contributed by atoms with Crippen LogP contribution in [0.2, 0.25) is 0 Å². The summed E-state index contributed by atoms with van der Waals surface area (Å²) >= 11 is 0. The van der Waals surface area contributed by atoms with Crippen molar-refractivity contribution in [3.05, 3.63) is 23.7 Å². The zero-order valence-electron chi connectivity index (χ0n) is 8.34. The van der Waals surface area contributed by atoms with Gasteiger partial charge in [0.15, 0.2) is 0 Å². The molecule has 1 aromatic rings. The number of rotatable bonds is 4. The van der Waals surface area contributed by atoms with Gasteiger partial charge < -0.3 is 9.73 Å². The van der Waals surface area contributed by atoms with E-state index in [0.717, 1.165) is 18.8 Å². The van der Waals surface area contributed by atoms with Gasteiger partial charge >= 0.3 is 0 Å². The first-order chi connectivity index (χ1) is 6.72. The Labute approximate surface area is 83.7 Å². The zero-order chi connectivity index (χ0) is 10.0. The molecular weight excluding hydrogens is 176 g/mol. The van der Waals surface area contributed by atoms with Crippen molar-refractivity contribution in [3.63, 3.8) is 0 Å². The molecule has 2 rings (SSSR count). The van der Waals surface area contributed by atoms with Crippen LogP contribution in [0.4, 0.5) is 0 Å². The van der Waals surface area contributed by atoms with Gasteiger partial charge in [-0.3, -0.25) is 0 Å². The third-order valence-corrected chi connectivity index (χ3v) is 2.73. The summed E-state index contributed by atoms with van der Waals surface area (Å²) in [5, 5.41) is 11.9. The van der Waals surface area contributed by atoms with E-state index < -0.39 is 0 Å². The molecule has 1 saturated carbocycles. The van der Waals surface area contributed by atoms with Crippen molar-refractivity contribution in [2.45, 2.75) is 26.3 Å². The van der Waals surface area contributed by atoms with Crippen LogP contribution in [0.25, 0.3) is 0 Å². The van der Waals surface area contributed by atoms with Crippen LogP contribution < -0.4 is 5.32 Å². The third kappa shape index (κ3) is 2.15. The topological polar surface area (TPSA) is 49.0 Å². The fourth-order valence-electron chi connectivity index (χ4n) is 1.41. The highest BCUT2D eigenvalue weighted by molar-refractivity contribution is 5.18. The van der Waals surface area contributed by atoms with E-state index >= 15 is 0 Å². The molecule has 0 aromatic carbocycles. The molecule has 0 unspecified atom stereocenters. The second kappa shape index (κ2) is 3.47. The number of nitrogens with zero attached hydrogens (tertiary/aromatic N) is 1. The normalized spacial score (nSPS) is 17.7. The summed E-state index contributed by atoms with van der Waals surface area (Å²) in [6, 6.07) is 5.52. The van der Waals surface area contributed by atoms with E-state index in [1.165, 1.54) is 12.8 Å². The molecule has 0 amide bonds. The minimum absolute atomic E-state index is 0.388. The fourth-order valence-corrected chi connectivity index (χ4v) is 1.41. The van der Waals surface area contributed by atoms with E-state index in [4.69, 9.17) is 9.68 Å². The summed E-state index contributed by atoms with van der Waals surface area (Å²) in [5.41, 5.74) is 0.519. The van der Waals surface area contributed by atoms with Crippen molar-refractivity contribution in [2.75, 3.05) is 6.54 Å². The van der Waals surface area contributed by atoms with Crippen LogP contribution in [-0.2, 0) is 6.54 Å². The van der Waals surface area contributed by atoms with Gasteiger partial charge in [0.1, 0.15) is 11.8 Å². The number of hydrogen-bond donors (Lipinski definition) is 1. The van der Waals surface area contributed by atoms with Crippen LogP contribution in [0, 0.1) is 16.7 Å². The first-order valence-electron chi connectivity index (χ1n) is 4.91. The molecular formula is C11H14N2O. The average Bonchev–Trinajstić information content (AvgIpc) is 2.75. The summed E-state index contributed by atoms with van der Waals surface area (Å²) in [6.07, 6.45) is 2.64. The standard InChI is InChI=1S/C11H14N2O/c1-11(4-5-11)8-13-7-10-3-2-9(6-12)14-10/h2-3,13H,4-5,7-8H2,1H3. The molecule has 1 aromatic heterocycles. The highest BCUT2D eigenvalue weighted by Crippen LogP contribution is 2.44. The van der Waals surface area contributed by atoms with Gasteiger partial charge in [0.2, 0.25) is 5.76 Å². The summed E-state index contributed by atoms with van der Waals surface area (Å²) in [4.78, 5) is 0. The Morgan fingerprint density at radius 1 is 1.57 bits per heavy atom. The van der Waals surface area contributed by atoms with E-state index in [9.17, 15) is 0 Å². The summed E-state index contributed by atoms with van der Waals surface area (Å²) in [5.74, 6) is 1.23. The summed E-state index contributed by atoms with van der Waals surface area (Å²) in [7, 11) is 0. The maximum atomic E-state index is 8.55. The first kappa shape index (κ1) is 9.29. The molecule has 0 atom stereocenters. The molecule has 0 saturated heterocycles. The number of nitriles is 1. The molecule has 3 nitrogen and oxygen atoms in total. The number of hydrogen-bond acceptors (Lipinski definition) is 3. The lowest BCUT2D eigenvalue weighted by Crippen LogP contribution is -2.21. The van der Waals surface area contributed by atoms with Crippen molar-refractivity contribution in [1.29, 1.82) is 5.26 Å². The molecule has 1 heterocycles. The Hall–Kier alpha value is -1.27. The van der Waals surface area contributed by atoms with Crippen molar-refractivity contribution < 1.29 is 4.42 Å². The molecule has 3 heteroatoms. The quantitative estimate of drug-likeness (QED) is 0.790. The Kier molecular flexibility index (Phi) is 2.30. The summed E-state index contributed by atoms with van der Waals surface area (Å²) < 4.78 is 5.24. The van der Waals surface area contributed by atoms with E-state index in [1.54, 1.807) is 6.07 Å². The van der Waals surface area contributed by atoms with Crippen LogP contribution >= 0.6 is 0 Å². The molecule has 1 fully saturated rings. The van der Waals surface area contributed by atoms with Crippen molar-refractivity contribution in [1.82, 2.24) is 5.32 Å². The molecule has 1 aliphatic carbocycles. The Morgan fingerprint density at radius 2 is 2.36 bits per heavy atom. The Bertz CT molecular complexity index is 358. The predicted octanol–water partition coefficient (Wildman–Crippen LogP) is 2.04. The van der Waals surface area contributed by atoms with Gasteiger partial charge in [-0.1, -0.05) is 6.92 Å². The van der Waals surface area contributed by atoms with Crippen molar-refractivity contribution >= 4 is 0 Å². The van der Waals surface area contributed by atoms with Gasteiger partial charge in [-0.05, 0) is 30.4 Å². The van der Waals surface area contributed by atoms with Crippen molar-refractivity contribution in [3.8, 4) is 6.07 Å². The van der Waals surface area contributed by atoms with Crippen LogP contribution in [0.1, 0.15) is 31.3 Å². The van der Waals surface area contributed by atoms with Crippen LogP contribution in [0.3, 0.4) is 0 Å². The van der Waals surface area contributed by atoms with Crippen LogP contribution in [0.15, 0.2) is 16.5 Å². The molecule has 14 heavy (non-hydrogen) atoms. The third-order valence-electron chi connectivity index (χ3n) is 2.73. The van der Waals surface area contributed by atoms with E-state index in [0.29, 0.717) is 11.2 Å². The van der Waals surface area contributed by atoms with E-state index in [1.807, 2.05) is 12.1 Å². The minimum atomic E-state index is 0.388. The Morgan fingerprint density at radius 3 is 2.93 bits per heavy atom. The number of furan rings is 1. The Balaban J connectivity index is 1.77. The van der Waals surface area contributed by atoms with E-state index in [2.05, 4.69) is 12.2 Å². The van der Waals surface area contributed by atoms with Crippen LogP contribution in [0.5, 0.6) is 0 Å². The minimum Gasteiger partial charge on any atom is -0.449 e. The SMILES string of the molecule is CC1(CNCc2ccc(C#N)o2)CC1. The first-order valence-corrected chi connectivity index (χ1v) is 4.91. The second-order valence-corrected chi connectivity index (χ2v) is 4.29. The predicted molar refractivity (Wildman–Crippen MR) is 52.5 cm³/mol. The van der Waals surface area contributed by atoms with Gasteiger partial charge in [0.25, 0.3) is 0 Å². The van der Waals surface area contributed by atoms with Gasteiger partial charge in [-0.15, -0.1) is 0 Å². The molecule has 74 valence electrons. The lowest BCUT2D eigenvalue weighted by Gasteiger charge is -2.07. The maximum Gasteiger partial charge on any atom is 0.203 e. The van der Waals surface area contributed by atoms with Gasteiger partial charge in [-0.2, -0.15) is 5.26 Å². The van der Waals surface area contributed by atoms with Gasteiger partial charge in [-0.25, -0.2) is 0 Å². The molecule has 0 radical (unpaired) electrons. The lowest BCUT2D eigenvalue weighted by atomic mass is 10.1. The van der Waals surface area contributed by atoms with Crippen molar-refractivity contribution in [2.24, 2.45) is 5.41 Å². The average molecular weight is 190 g/mol. The van der Waals surface area contributed by atoms with E-state index in [-0.39, 0.29) is 0 Å². The second-order valence-electron chi connectivity index (χ2n) is 4.29. The molecule has 0 spiro atoms. The fraction of sp³-hybridized carbons (Fsp3) is 0.545. The monoisotopic (exact) mass is 190 g/mol. The molecule has 0 aliphatic heterocycles. The smallest absolute Gasteiger partial charge is 0.203 e. The summed E-state index contributed by atoms with van der Waals surface area (Å²) in [6.45, 7) is 4.04. The largest absolute Gasteiger partial charge is 0.449 e. The zero-order valence-corrected chi connectivity index (χ0v) is 8.34. The molecule has 1 aliphatic rings. The van der Waals surface area contributed by atoms with Crippen LogP contribution in [-0.4, -0.2) is 6.54 Å². The highest BCUT2D eigenvalue weighted by atomic mass is 16.3. The number of nitrogens with one attached hydrogen (secondary N) is 1. The maximum absolute atomic E-state index is 8.55. The van der Waals surface area contributed by atoms with Gasteiger partial charge in [0, 0.05) is 6.54 Å². The molecule has 0 bridgehead atoms. The molecule has 1 N–H and O–H groups in total. The highest BCUT2D eigenvalue weighted by Gasteiger charge is 2.36. The lowest BCUT2D eigenvalue weighted by molar-refractivity contribution is 0.441.